The molecule has 0 heterocycles. The van der Waals surface area contributed by atoms with Gasteiger partial charge in [0, 0.05) is 22.6 Å². The lowest BCUT2D eigenvalue weighted by atomic mass is 9.84. The number of hydrogen-bond donors (Lipinski definition) is 1. The Bertz CT molecular complexity index is 386. The maximum absolute atomic E-state index is 13.6. The van der Waals surface area contributed by atoms with Crippen molar-refractivity contribution in [1.82, 2.24) is 5.32 Å². The first-order chi connectivity index (χ1) is 8.69. The molecule has 1 aromatic carbocycles. The first kappa shape index (κ1) is 14.0. The van der Waals surface area contributed by atoms with Crippen LogP contribution in [-0.4, -0.2) is 6.04 Å². The van der Waals surface area contributed by atoms with Gasteiger partial charge in [-0.1, -0.05) is 29.3 Å². The second-order valence-corrected chi connectivity index (χ2v) is 6.16. The highest BCUT2D eigenvalue weighted by atomic mass is 79.9. The van der Waals surface area contributed by atoms with Crippen molar-refractivity contribution in [1.29, 1.82) is 0 Å². The van der Waals surface area contributed by atoms with E-state index >= 15 is 0 Å². The van der Waals surface area contributed by atoms with E-state index < -0.39 is 0 Å². The molecule has 1 aromatic rings. The highest BCUT2D eigenvalue weighted by Gasteiger charge is 2.19. The second-order valence-electron chi connectivity index (χ2n) is 5.24. The highest BCUT2D eigenvalue weighted by Crippen LogP contribution is 2.26. The fraction of sp³-hybridized carbons (Fsp3) is 0.600. The third kappa shape index (κ3) is 3.79. The molecule has 0 radical (unpaired) electrons. The summed E-state index contributed by atoms with van der Waals surface area (Å²) in [6.45, 7) is 2.90. The van der Waals surface area contributed by atoms with Crippen molar-refractivity contribution >= 4 is 15.9 Å². The average Bonchev–Trinajstić information content (AvgIpc) is 2.40. The molecule has 0 spiro atoms. The van der Waals surface area contributed by atoms with Crippen molar-refractivity contribution in [3.63, 3.8) is 0 Å². The molecular formula is C15H21BrFN. The summed E-state index contributed by atoms with van der Waals surface area (Å²) in [7, 11) is 0. The Morgan fingerprint density at radius 2 is 2.00 bits per heavy atom. The summed E-state index contributed by atoms with van der Waals surface area (Å²) in [4.78, 5) is 0. The van der Waals surface area contributed by atoms with Gasteiger partial charge in [-0.2, -0.15) is 0 Å². The molecule has 18 heavy (non-hydrogen) atoms. The Labute approximate surface area is 117 Å². The van der Waals surface area contributed by atoms with E-state index in [4.69, 9.17) is 0 Å². The van der Waals surface area contributed by atoms with E-state index in [9.17, 15) is 4.39 Å². The van der Waals surface area contributed by atoms with E-state index in [1.165, 1.54) is 38.2 Å². The van der Waals surface area contributed by atoms with Crippen molar-refractivity contribution in [2.45, 2.75) is 51.6 Å². The lowest BCUT2D eigenvalue weighted by molar-refractivity contribution is 0.284. The number of rotatable bonds is 4. The molecule has 0 unspecified atom stereocenters. The summed E-state index contributed by atoms with van der Waals surface area (Å²) in [5.74, 6) is 0.790. The van der Waals surface area contributed by atoms with E-state index in [0.717, 1.165) is 16.0 Å². The van der Waals surface area contributed by atoms with Crippen LogP contribution in [0.25, 0.3) is 0 Å². The van der Waals surface area contributed by atoms with Gasteiger partial charge >= 0.3 is 0 Å². The molecule has 0 bridgehead atoms. The maximum Gasteiger partial charge on any atom is 0.127 e. The molecule has 1 fully saturated rings. The SMILES string of the molecule is CCC1CCC(NCc2cc(Br)ccc2F)CC1. The molecule has 2 rings (SSSR count). The smallest absolute Gasteiger partial charge is 0.127 e. The van der Waals surface area contributed by atoms with E-state index in [0.29, 0.717) is 12.6 Å². The van der Waals surface area contributed by atoms with E-state index in [1.807, 2.05) is 6.07 Å². The van der Waals surface area contributed by atoms with Gasteiger partial charge in [0.25, 0.3) is 0 Å². The van der Waals surface area contributed by atoms with Crippen molar-refractivity contribution in [3.05, 3.63) is 34.1 Å². The summed E-state index contributed by atoms with van der Waals surface area (Å²) >= 11 is 3.39. The maximum atomic E-state index is 13.6. The summed E-state index contributed by atoms with van der Waals surface area (Å²) in [5, 5.41) is 3.49. The van der Waals surface area contributed by atoms with Crippen molar-refractivity contribution < 1.29 is 4.39 Å². The minimum atomic E-state index is -0.118. The van der Waals surface area contributed by atoms with Crippen LogP contribution < -0.4 is 5.32 Å². The molecule has 1 aliphatic rings. The van der Waals surface area contributed by atoms with Gasteiger partial charge in [0.15, 0.2) is 0 Å². The molecule has 0 saturated heterocycles. The first-order valence-corrected chi connectivity index (χ1v) is 7.65. The molecule has 3 heteroatoms. The lowest BCUT2D eigenvalue weighted by Gasteiger charge is -2.28. The number of nitrogens with one attached hydrogen (secondary N) is 1. The summed E-state index contributed by atoms with van der Waals surface area (Å²) in [5.41, 5.74) is 0.752. The van der Waals surface area contributed by atoms with Crippen LogP contribution >= 0.6 is 15.9 Å². The van der Waals surface area contributed by atoms with Gasteiger partial charge < -0.3 is 5.32 Å². The van der Waals surface area contributed by atoms with E-state index in [2.05, 4.69) is 28.2 Å². The fourth-order valence-electron chi connectivity index (χ4n) is 2.71. The van der Waals surface area contributed by atoms with Gasteiger partial charge in [0.2, 0.25) is 0 Å². The summed E-state index contributed by atoms with van der Waals surface area (Å²) in [6, 6.07) is 5.69. The Kier molecular flexibility index (Phi) is 5.19. The average molecular weight is 314 g/mol. The Morgan fingerprint density at radius 3 is 2.67 bits per heavy atom. The summed E-state index contributed by atoms with van der Waals surface area (Å²) < 4.78 is 14.5. The molecule has 0 aromatic heterocycles. The predicted octanol–water partition coefficient (Wildman–Crippen LogP) is 4.65. The third-order valence-electron chi connectivity index (χ3n) is 4.01. The van der Waals surface area contributed by atoms with Crippen molar-refractivity contribution in [3.8, 4) is 0 Å². The zero-order valence-electron chi connectivity index (χ0n) is 10.9. The van der Waals surface area contributed by atoms with Crippen LogP contribution in [-0.2, 0) is 6.54 Å². The van der Waals surface area contributed by atoms with Crippen LogP contribution in [0, 0.1) is 11.7 Å². The van der Waals surface area contributed by atoms with Crippen LogP contribution in [0.3, 0.4) is 0 Å². The second kappa shape index (κ2) is 6.67. The molecule has 1 saturated carbocycles. The third-order valence-corrected chi connectivity index (χ3v) is 4.51. The molecule has 0 amide bonds. The largest absolute Gasteiger partial charge is 0.310 e. The minimum absolute atomic E-state index is 0.118. The van der Waals surface area contributed by atoms with Crippen LogP contribution in [0.4, 0.5) is 4.39 Å². The molecule has 1 aliphatic carbocycles. The van der Waals surface area contributed by atoms with Crippen LogP contribution in [0.15, 0.2) is 22.7 Å². The molecule has 100 valence electrons. The number of halogens is 2. The first-order valence-electron chi connectivity index (χ1n) is 6.86. The zero-order chi connectivity index (χ0) is 13.0. The Balaban J connectivity index is 1.83. The fourth-order valence-corrected chi connectivity index (χ4v) is 3.12. The van der Waals surface area contributed by atoms with Crippen LogP contribution in [0.2, 0.25) is 0 Å². The normalized spacial score (nSPS) is 24.2. The van der Waals surface area contributed by atoms with E-state index in [-0.39, 0.29) is 5.82 Å². The predicted molar refractivity (Wildman–Crippen MR) is 77.0 cm³/mol. The molecular weight excluding hydrogens is 293 g/mol. The van der Waals surface area contributed by atoms with Crippen LogP contribution in [0.5, 0.6) is 0 Å². The van der Waals surface area contributed by atoms with Crippen molar-refractivity contribution in [2.75, 3.05) is 0 Å². The topological polar surface area (TPSA) is 12.0 Å². The Morgan fingerprint density at radius 1 is 1.28 bits per heavy atom. The van der Waals surface area contributed by atoms with Crippen molar-refractivity contribution in [2.24, 2.45) is 5.92 Å². The minimum Gasteiger partial charge on any atom is -0.310 e. The highest BCUT2D eigenvalue weighted by molar-refractivity contribution is 9.10. The quantitative estimate of drug-likeness (QED) is 0.853. The lowest BCUT2D eigenvalue weighted by Crippen LogP contribution is -2.32. The standard InChI is InChI=1S/C15H21BrFN/c1-2-11-3-6-14(7-4-11)18-10-12-9-13(16)5-8-15(12)17/h5,8-9,11,14,18H,2-4,6-7,10H2,1H3. The monoisotopic (exact) mass is 313 g/mol. The molecule has 0 aliphatic heterocycles. The Hall–Kier alpha value is -0.410. The summed E-state index contributed by atoms with van der Waals surface area (Å²) in [6.07, 6.45) is 6.39. The van der Waals surface area contributed by atoms with Gasteiger partial charge in [-0.25, -0.2) is 4.39 Å². The van der Waals surface area contributed by atoms with E-state index in [1.54, 1.807) is 6.07 Å². The zero-order valence-corrected chi connectivity index (χ0v) is 12.5. The molecule has 1 N–H and O–H groups in total. The van der Waals surface area contributed by atoms with Crippen LogP contribution in [0.1, 0.15) is 44.6 Å². The number of benzene rings is 1. The van der Waals surface area contributed by atoms with Gasteiger partial charge in [-0.05, 0) is 49.8 Å². The van der Waals surface area contributed by atoms with Gasteiger partial charge in [-0.3, -0.25) is 0 Å². The number of hydrogen-bond acceptors (Lipinski definition) is 1. The molecule has 1 nitrogen and oxygen atoms in total. The van der Waals surface area contributed by atoms with Gasteiger partial charge in [0.1, 0.15) is 5.82 Å². The molecule has 0 atom stereocenters. The van der Waals surface area contributed by atoms with Gasteiger partial charge in [0.05, 0.1) is 0 Å². The van der Waals surface area contributed by atoms with Gasteiger partial charge in [-0.15, -0.1) is 0 Å².